The van der Waals surface area contributed by atoms with Gasteiger partial charge in [-0.05, 0) is 43.6 Å². The van der Waals surface area contributed by atoms with Crippen LogP contribution in [0.2, 0.25) is 0 Å². The monoisotopic (exact) mass is 544 g/mol. The van der Waals surface area contributed by atoms with E-state index in [1.54, 1.807) is 13.8 Å². The minimum absolute atomic E-state index is 0.00501. The van der Waals surface area contributed by atoms with E-state index in [-0.39, 0.29) is 61.2 Å². The third-order valence-electron chi connectivity index (χ3n) is 11.5. The zero-order valence-corrected chi connectivity index (χ0v) is 24.6. The van der Waals surface area contributed by atoms with Gasteiger partial charge in [0.2, 0.25) is 0 Å². The van der Waals surface area contributed by atoms with Crippen molar-refractivity contribution in [2.75, 3.05) is 7.11 Å². The van der Waals surface area contributed by atoms with Crippen LogP contribution in [0.5, 0.6) is 0 Å². The first-order chi connectivity index (χ1) is 17.8. The summed E-state index contributed by atoms with van der Waals surface area (Å²) in [4.78, 5) is 65.6. The lowest BCUT2D eigenvalue weighted by Crippen LogP contribution is -2.60. The van der Waals surface area contributed by atoms with E-state index in [0.29, 0.717) is 24.0 Å². The van der Waals surface area contributed by atoms with Crippen LogP contribution in [0.25, 0.3) is 0 Å². The molecule has 8 heteroatoms. The standard InChI is InChI=1S/C31H44O8/c1-16(26(37)39-8)11-17(32)14-30(6,38)21-13-23(36)31(7)25-18(33)12-20-27(2,3)22(35)9-10-28(20,4)24(25)19(34)15-29(21,31)5/h16,18,20-21,33,38H,9-15H2,1-8H3/t16?,18-,20+,21-,28-,29+,30?,31-/m0/s1. The average molecular weight is 545 g/mol. The lowest BCUT2D eigenvalue weighted by molar-refractivity contribution is -0.150. The summed E-state index contributed by atoms with van der Waals surface area (Å²) < 4.78 is 4.71. The Morgan fingerprint density at radius 3 is 2.31 bits per heavy atom. The maximum atomic E-state index is 14.1. The largest absolute Gasteiger partial charge is 0.469 e. The highest BCUT2D eigenvalue weighted by molar-refractivity contribution is 6.05. The van der Waals surface area contributed by atoms with Crippen molar-refractivity contribution in [3.8, 4) is 0 Å². The molecule has 2 N–H and O–H groups in total. The number of ether oxygens (including phenoxy) is 1. The molecule has 2 saturated carbocycles. The predicted molar refractivity (Wildman–Crippen MR) is 142 cm³/mol. The molecular formula is C31H44O8. The average Bonchev–Trinajstić information content (AvgIpc) is 3.03. The van der Waals surface area contributed by atoms with Crippen molar-refractivity contribution in [1.82, 2.24) is 0 Å². The van der Waals surface area contributed by atoms with E-state index in [4.69, 9.17) is 4.74 Å². The third-order valence-corrected chi connectivity index (χ3v) is 11.5. The van der Waals surface area contributed by atoms with Gasteiger partial charge in [-0.1, -0.05) is 34.6 Å². The Labute approximate surface area is 230 Å². The molecule has 0 spiro atoms. The highest BCUT2D eigenvalue weighted by atomic mass is 16.5. The van der Waals surface area contributed by atoms with E-state index in [1.165, 1.54) is 14.0 Å². The zero-order valence-electron chi connectivity index (χ0n) is 24.6. The molecule has 2 fully saturated rings. The molecule has 8 nitrogen and oxygen atoms in total. The second-order valence-electron chi connectivity index (χ2n) is 14.2. The SMILES string of the molecule is COC(=O)C(C)CC(=O)CC(C)(O)[C@H]1CC(=O)[C@@]2(C)C3=C(C(=O)C[C@]12C)[C@@]1(C)CCC(=O)C(C)(C)[C@H]1C[C@@H]3O. The minimum atomic E-state index is -1.61. The summed E-state index contributed by atoms with van der Waals surface area (Å²) in [6.07, 6.45) is -0.337. The fourth-order valence-electron chi connectivity index (χ4n) is 9.17. The van der Waals surface area contributed by atoms with Crippen LogP contribution in [-0.4, -0.2) is 58.1 Å². The number of carbonyl (C=O) groups excluding carboxylic acids is 5. The molecule has 0 amide bonds. The van der Waals surface area contributed by atoms with Gasteiger partial charge in [0.1, 0.15) is 17.3 Å². The van der Waals surface area contributed by atoms with Crippen molar-refractivity contribution < 1.29 is 38.9 Å². The van der Waals surface area contributed by atoms with Gasteiger partial charge in [-0.25, -0.2) is 0 Å². The topological polar surface area (TPSA) is 135 Å². The molecule has 0 aromatic heterocycles. The lowest BCUT2D eigenvalue weighted by Gasteiger charge is -2.60. The number of aliphatic hydroxyl groups is 2. The summed E-state index contributed by atoms with van der Waals surface area (Å²) in [6, 6.07) is 0. The van der Waals surface area contributed by atoms with Gasteiger partial charge < -0.3 is 14.9 Å². The van der Waals surface area contributed by atoms with Crippen molar-refractivity contribution in [3.05, 3.63) is 11.1 Å². The van der Waals surface area contributed by atoms with E-state index < -0.39 is 51.2 Å². The molecule has 0 heterocycles. The zero-order chi connectivity index (χ0) is 29.5. The summed E-state index contributed by atoms with van der Waals surface area (Å²) >= 11 is 0. The number of ketones is 4. The Bertz CT molecular complexity index is 1180. The van der Waals surface area contributed by atoms with Crippen molar-refractivity contribution in [3.63, 3.8) is 0 Å². The predicted octanol–water partition coefficient (Wildman–Crippen LogP) is 3.54. The highest BCUT2D eigenvalue weighted by Gasteiger charge is 2.71. The molecule has 0 aromatic carbocycles. The first-order valence-electron chi connectivity index (χ1n) is 14.1. The number of hydrogen-bond acceptors (Lipinski definition) is 8. The van der Waals surface area contributed by atoms with Crippen LogP contribution < -0.4 is 0 Å². The van der Waals surface area contributed by atoms with Crippen LogP contribution in [0.1, 0.15) is 93.4 Å². The van der Waals surface area contributed by atoms with E-state index in [0.717, 1.165) is 0 Å². The molecule has 0 aliphatic heterocycles. The number of aliphatic hydroxyl groups excluding tert-OH is 1. The number of hydrogen-bond donors (Lipinski definition) is 2. The molecular weight excluding hydrogens is 500 g/mol. The van der Waals surface area contributed by atoms with E-state index in [1.807, 2.05) is 27.7 Å². The molecule has 0 bridgehead atoms. The molecule has 8 atom stereocenters. The maximum absolute atomic E-state index is 14.1. The quantitative estimate of drug-likeness (QED) is 0.485. The number of allylic oxidation sites excluding steroid dienone is 1. The minimum Gasteiger partial charge on any atom is -0.469 e. The molecule has 4 aliphatic rings. The van der Waals surface area contributed by atoms with Crippen molar-refractivity contribution >= 4 is 29.1 Å². The lowest BCUT2D eigenvalue weighted by atomic mass is 9.42. The molecule has 4 rings (SSSR count). The van der Waals surface area contributed by atoms with E-state index >= 15 is 0 Å². The van der Waals surface area contributed by atoms with Crippen LogP contribution in [0.15, 0.2) is 11.1 Å². The number of esters is 1. The summed E-state index contributed by atoms with van der Waals surface area (Å²) in [5.41, 5.74) is -4.23. The number of carbonyl (C=O) groups is 5. The van der Waals surface area contributed by atoms with Crippen LogP contribution in [0, 0.1) is 39.4 Å². The molecule has 4 aliphatic carbocycles. The summed E-state index contributed by atoms with van der Waals surface area (Å²) in [5, 5.41) is 23.3. The molecule has 216 valence electrons. The number of methoxy groups -OCH3 is 1. The van der Waals surface area contributed by atoms with Gasteiger partial charge >= 0.3 is 5.97 Å². The Morgan fingerprint density at radius 2 is 1.72 bits per heavy atom. The van der Waals surface area contributed by atoms with Crippen LogP contribution in [0.3, 0.4) is 0 Å². The Kier molecular flexibility index (Phi) is 7.00. The smallest absolute Gasteiger partial charge is 0.308 e. The normalized spacial score (nSPS) is 39.8. The van der Waals surface area contributed by atoms with Gasteiger partial charge in [0.25, 0.3) is 0 Å². The van der Waals surface area contributed by atoms with Crippen molar-refractivity contribution in [1.29, 1.82) is 0 Å². The van der Waals surface area contributed by atoms with Gasteiger partial charge in [0.15, 0.2) is 5.78 Å². The second kappa shape index (κ2) is 9.16. The van der Waals surface area contributed by atoms with Gasteiger partial charge in [0, 0.05) is 54.4 Å². The van der Waals surface area contributed by atoms with Gasteiger partial charge in [-0.15, -0.1) is 0 Å². The van der Waals surface area contributed by atoms with Gasteiger partial charge in [-0.3, -0.25) is 24.0 Å². The number of rotatable bonds is 6. The molecule has 39 heavy (non-hydrogen) atoms. The van der Waals surface area contributed by atoms with Crippen molar-refractivity contribution in [2.45, 2.75) is 105 Å². The number of fused-ring (bicyclic) bond motifs is 4. The molecule has 2 unspecified atom stereocenters. The summed E-state index contributed by atoms with van der Waals surface area (Å²) in [7, 11) is 1.25. The second-order valence-corrected chi connectivity index (χ2v) is 14.2. The van der Waals surface area contributed by atoms with Crippen LogP contribution in [0.4, 0.5) is 0 Å². The van der Waals surface area contributed by atoms with Crippen molar-refractivity contribution in [2.24, 2.45) is 39.4 Å². The van der Waals surface area contributed by atoms with Gasteiger partial charge in [0.05, 0.1) is 30.1 Å². The fourth-order valence-corrected chi connectivity index (χ4v) is 9.17. The molecule has 0 radical (unpaired) electrons. The first kappa shape index (κ1) is 29.8. The highest BCUT2D eigenvalue weighted by Crippen LogP contribution is 2.70. The van der Waals surface area contributed by atoms with E-state index in [9.17, 15) is 34.2 Å². The first-order valence-corrected chi connectivity index (χ1v) is 14.1. The Hall–Kier alpha value is -2.19. The summed E-state index contributed by atoms with van der Waals surface area (Å²) in [5.74, 6) is -2.62. The van der Waals surface area contributed by atoms with Gasteiger partial charge in [-0.2, -0.15) is 0 Å². The van der Waals surface area contributed by atoms with Crippen LogP contribution >= 0.6 is 0 Å². The number of Topliss-reactive ketones (excluding diaryl/α,β-unsaturated/α-hetero) is 4. The molecule has 0 saturated heterocycles. The Morgan fingerprint density at radius 1 is 1.10 bits per heavy atom. The van der Waals surface area contributed by atoms with E-state index in [2.05, 4.69) is 0 Å². The fraction of sp³-hybridized carbons (Fsp3) is 0.774. The third kappa shape index (κ3) is 4.03. The maximum Gasteiger partial charge on any atom is 0.308 e. The van der Waals surface area contributed by atoms with Crippen LogP contribution in [-0.2, 0) is 28.7 Å². The summed E-state index contributed by atoms with van der Waals surface area (Å²) in [6.45, 7) is 12.5. The molecule has 0 aromatic rings. The Balaban J connectivity index is 1.76.